The highest BCUT2D eigenvalue weighted by atomic mass is 16.1. The molecule has 3 nitrogen and oxygen atoms in total. The van der Waals surface area contributed by atoms with E-state index in [1.165, 1.54) is 10.8 Å². The Balaban J connectivity index is 2.05. The SMILES string of the molecule is CC(CN)CCC(=O)NC(C)c1cccc2ccccc12. The van der Waals surface area contributed by atoms with Crippen molar-refractivity contribution in [3.8, 4) is 0 Å². The molecule has 0 aliphatic rings. The van der Waals surface area contributed by atoms with Gasteiger partial charge in [0.2, 0.25) is 5.91 Å². The van der Waals surface area contributed by atoms with Crippen molar-refractivity contribution in [2.45, 2.75) is 32.7 Å². The summed E-state index contributed by atoms with van der Waals surface area (Å²) in [6, 6.07) is 14.5. The van der Waals surface area contributed by atoms with Crippen molar-refractivity contribution in [3.05, 3.63) is 48.0 Å². The van der Waals surface area contributed by atoms with Crippen LogP contribution in [0.3, 0.4) is 0 Å². The van der Waals surface area contributed by atoms with Crippen LogP contribution in [0.25, 0.3) is 10.8 Å². The fourth-order valence-corrected chi connectivity index (χ4v) is 2.51. The van der Waals surface area contributed by atoms with Crippen molar-refractivity contribution in [3.63, 3.8) is 0 Å². The number of hydrogen-bond donors (Lipinski definition) is 2. The van der Waals surface area contributed by atoms with E-state index in [0.29, 0.717) is 18.9 Å². The van der Waals surface area contributed by atoms with E-state index in [4.69, 9.17) is 5.73 Å². The Morgan fingerprint density at radius 2 is 1.86 bits per heavy atom. The molecule has 2 atom stereocenters. The van der Waals surface area contributed by atoms with E-state index < -0.39 is 0 Å². The zero-order chi connectivity index (χ0) is 15.2. The van der Waals surface area contributed by atoms with E-state index in [-0.39, 0.29) is 11.9 Å². The summed E-state index contributed by atoms with van der Waals surface area (Å²) in [6.07, 6.45) is 1.37. The first-order valence-corrected chi connectivity index (χ1v) is 7.59. The highest BCUT2D eigenvalue weighted by Gasteiger charge is 2.12. The van der Waals surface area contributed by atoms with Crippen molar-refractivity contribution < 1.29 is 4.79 Å². The predicted molar refractivity (Wildman–Crippen MR) is 88.0 cm³/mol. The van der Waals surface area contributed by atoms with Crippen molar-refractivity contribution in [2.24, 2.45) is 11.7 Å². The number of carbonyl (C=O) groups is 1. The maximum Gasteiger partial charge on any atom is 0.220 e. The van der Waals surface area contributed by atoms with Crippen molar-refractivity contribution >= 4 is 16.7 Å². The van der Waals surface area contributed by atoms with E-state index in [0.717, 1.165) is 12.0 Å². The van der Waals surface area contributed by atoms with Gasteiger partial charge in [0.05, 0.1) is 6.04 Å². The molecule has 0 aliphatic carbocycles. The van der Waals surface area contributed by atoms with Crippen LogP contribution >= 0.6 is 0 Å². The molecule has 0 bridgehead atoms. The summed E-state index contributed by atoms with van der Waals surface area (Å²) in [4.78, 5) is 12.0. The third-order valence-electron chi connectivity index (χ3n) is 3.93. The van der Waals surface area contributed by atoms with Crippen LogP contribution in [0.4, 0.5) is 0 Å². The van der Waals surface area contributed by atoms with Crippen molar-refractivity contribution in [2.75, 3.05) is 6.54 Å². The van der Waals surface area contributed by atoms with Crippen LogP contribution in [-0.2, 0) is 4.79 Å². The molecule has 0 heterocycles. The number of nitrogens with two attached hydrogens (primary N) is 1. The molecule has 0 aliphatic heterocycles. The van der Waals surface area contributed by atoms with Gasteiger partial charge in [-0.3, -0.25) is 4.79 Å². The van der Waals surface area contributed by atoms with Gasteiger partial charge in [0.1, 0.15) is 0 Å². The smallest absolute Gasteiger partial charge is 0.220 e. The second kappa shape index (κ2) is 7.23. The third kappa shape index (κ3) is 4.05. The van der Waals surface area contributed by atoms with Gasteiger partial charge in [-0.2, -0.15) is 0 Å². The lowest BCUT2D eigenvalue weighted by Gasteiger charge is -2.17. The molecule has 2 aromatic rings. The van der Waals surface area contributed by atoms with Crippen molar-refractivity contribution in [1.82, 2.24) is 5.32 Å². The molecule has 2 aromatic carbocycles. The standard InChI is InChI=1S/C18H24N2O/c1-13(12-19)10-11-18(21)20-14(2)16-9-5-7-15-6-3-4-8-17(15)16/h3-9,13-14H,10-12,19H2,1-2H3,(H,20,21). The van der Waals surface area contributed by atoms with Gasteiger partial charge < -0.3 is 11.1 Å². The summed E-state index contributed by atoms with van der Waals surface area (Å²) in [6.45, 7) is 4.74. The Kier molecular flexibility index (Phi) is 5.34. The monoisotopic (exact) mass is 284 g/mol. The maximum absolute atomic E-state index is 12.0. The normalized spacial score (nSPS) is 13.9. The molecule has 1 amide bonds. The Labute approximate surface area is 126 Å². The largest absolute Gasteiger partial charge is 0.350 e. The van der Waals surface area contributed by atoms with Gasteiger partial charge in [-0.1, -0.05) is 49.4 Å². The summed E-state index contributed by atoms with van der Waals surface area (Å²) in [5.74, 6) is 0.486. The number of amides is 1. The Morgan fingerprint density at radius 1 is 1.14 bits per heavy atom. The van der Waals surface area contributed by atoms with Crippen LogP contribution in [0.1, 0.15) is 38.3 Å². The minimum absolute atomic E-state index is 0.0109. The molecule has 112 valence electrons. The van der Waals surface area contributed by atoms with Crippen LogP contribution in [0.2, 0.25) is 0 Å². The lowest BCUT2D eigenvalue weighted by Crippen LogP contribution is -2.27. The van der Waals surface area contributed by atoms with E-state index in [1.54, 1.807) is 0 Å². The second-order valence-corrected chi connectivity index (χ2v) is 5.74. The minimum atomic E-state index is 0.0109. The summed E-state index contributed by atoms with van der Waals surface area (Å²) < 4.78 is 0. The number of nitrogens with one attached hydrogen (secondary N) is 1. The molecule has 0 saturated heterocycles. The lowest BCUT2D eigenvalue weighted by atomic mass is 9.99. The van der Waals surface area contributed by atoms with Crippen molar-refractivity contribution in [1.29, 1.82) is 0 Å². The van der Waals surface area contributed by atoms with Gasteiger partial charge in [0, 0.05) is 6.42 Å². The Bertz CT molecular complexity index is 604. The van der Waals surface area contributed by atoms with Gasteiger partial charge >= 0.3 is 0 Å². The van der Waals surface area contributed by atoms with Gasteiger partial charge in [0.25, 0.3) is 0 Å². The lowest BCUT2D eigenvalue weighted by molar-refractivity contribution is -0.122. The molecule has 0 spiro atoms. The van der Waals surface area contributed by atoms with E-state index in [9.17, 15) is 4.79 Å². The van der Waals surface area contributed by atoms with Gasteiger partial charge in [-0.15, -0.1) is 0 Å². The molecule has 21 heavy (non-hydrogen) atoms. The molecule has 3 N–H and O–H groups in total. The van der Waals surface area contributed by atoms with Gasteiger partial charge in [-0.25, -0.2) is 0 Å². The highest BCUT2D eigenvalue weighted by molar-refractivity contribution is 5.86. The van der Waals surface area contributed by atoms with Gasteiger partial charge in [-0.05, 0) is 42.1 Å². The fourth-order valence-electron chi connectivity index (χ4n) is 2.51. The number of carbonyl (C=O) groups excluding carboxylic acids is 1. The van der Waals surface area contributed by atoms with Crippen LogP contribution in [-0.4, -0.2) is 12.5 Å². The number of rotatable bonds is 6. The summed E-state index contributed by atoms with van der Waals surface area (Å²) in [7, 11) is 0. The molecular formula is C18H24N2O. The summed E-state index contributed by atoms with van der Waals surface area (Å²) in [5, 5.41) is 5.49. The maximum atomic E-state index is 12.0. The quantitative estimate of drug-likeness (QED) is 0.854. The topological polar surface area (TPSA) is 55.1 Å². The molecule has 0 saturated carbocycles. The molecular weight excluding hydrogens is 260 g/mol. The number of hydrogen-bond acceptors (Lipinski definition) is 2. The Hall–Kier alpha value is -1.87. The van der Waals surface area contributed by atoms with E-state index in [2.05, 4.69) is 36.5 Å². The molecule has 0 aromatic heterocycles. The first kappa shape index (κ1) is 15.5. The summed E-state index contributed by atoms with van der Waals surface area (Å²) >= 11 is 0. The van der Waals surface area contributed by atoms with Crippen LogP contribution < -0.4 is 11.1 Å². The first-order chi connectivity index (χ1) is 10.1. The second-order valence-electron chi connectivity index (χ2n) is 5.74. The van der Waals surface area contributed by atoms with Crippen LogP contribution in [0, 0.1) is 5.92 Å². The third-order valence-corrected chi connectivity index (χ3v) is 3.93. The molecule has 0 fully saturated rings. The zero-order valence-corrected chi connectivity index (χ0v) is 12.8. The molecule has 3 heteroatoms. The predicted octanol–water partition coefficient (Wildman–Crippen LogP) is 3.39. The van der Waals surface area contributed by atoms with Crippen LogP contribution in [0.5, 0.6) is 0 Å². The van der Waals surface area contributed by atoms with E-state index >= 15 is 0 Å². The minimum Gasteiger partial charge on any atom is -0.350 e. The number of fused-ring (bicyclic) bond motifs is 1. The fraction of sp³-hybridized carbons (Fsp3) is 0.389. The average Bonchev–Trinajstić information content (AvgIpc) is 2.51. The van der Waals surface area contributed by atoms with Gasteiger partial charge in [0.15, 0.2) is 0 Å². The summed E-state index contributed by atoms with van der Waals surface area (Å²) in [5.41, 5.74) is 6.74. The zero-order valence-electron chi connectivity index (χ0n) is 12.8. The number of benzene rings is 2. The van der Waals surface area contributed by atoms with Crippen LogP contribution in [0.15, 0.2) is 42.5 Å². The molecule has 2 rings (SSSR count). The molecule has 2 unspecified atom stereocenters. The average molecular weight is 284 g/mol. The Morgan fingerprint density at radius 3 is 2.62 bits per heavy atom. The molecule has 0 radical (unpaired) electrons. The van der Waals surface area contributed by atoms with E-state index in [1.807, 2.05) is 25.1 Å². The highest BCUT2D eigenvalue weighted by Crippen LogP contribution is 2.24. The first-order valence-electron chi connectivity index (χ1n) is 7.59.